The normalized spacial score (nSPS) is 24.4. The van der Waals surface area contributed by atoms with Gasteiger partial charge in [0.25, 0.3) is 0 Å². The van der Waals surface area contributed by atoms with Gasteiger partial charge in [-0.2, -0.15) is 0 Å². The van der Waals surface area contributed by atoms with Crippen LogP contribution >= 0.6 is 0 Å². The average molecular weight is 286 g/mol. The van der Waals surface area contributed by atoms with Crippen molar-refractivity contribution in [3.63, 3.8) is 0 Å². The van der Waals surface area contributed by atoms with Crippen LogP contribution in [0.5, 0.6) is 0 Å². The van der Waals surface area contributed by atoms with Crippen LogP contribution in [0.3, 0.4) is 0 Å². The topological polar surface area (TPSA) is 41.1 Å². The molecule has 0 spiro atoms. The molecule has 1 aromatic rings. The lowest BCUT2D eigenvalue weighted by Crippen LogP contribution is -2.29. The molecule has 3 heteroatoms. The summed E-state index contributed by atoms with van der Waals surface area (Å²) in [5.74, 6) is 0.889. The van der Waals surface area contributed by atoms with Crippen molar-refractivity contribution in [1.29, 1.82) is 0 Å². The lowest BCUT2D eigenvalue weighted by Gasteiger charge is -2.30. The number of rotatable bonds is 6. The van der Waals surface area contributed by atoms with E-state index in [4.69, 9.17) is 0 Å². The van der Waals surface area contributed by atoms with Crippen LogP contribution in [0.25, 0.3) is 0 Å². The smallest absolute Gasteiger partial charge is 0.220 e. The molecule has 2 unspecified atom stereocenters. The molecule has 0 aromatic heterocycles. The Morgan fingerprint density at radius 2 is 1.90 bits per heavy atom. The zero-order chi connectivity index (χ0) is 14.7. The van der Waals surface area contributed by atoms with Crippen LogP contribution in [0.2, 0.25) is 0 Å². The van der Waals surface area contributed by atoms with Crippen LogP contribution in [-0.2, 0) is 4.79 Å². The third-order valence-corrected chi connectivity index (χ3v) is 4.70. The number of benzene rings is 1. The Labute approximate surface area is 127 Å². The first-order chi connectivity index (χ1) is 10.2. The van der Waals surface area contributed by atoms with Gasteiger partial charge in [-0.05, 0) is 55.7 Å². The molecule has 2 aliphatic carbocycles. The van der Waals surface area contributed by atoms with E-state index in [-0.39, 0.29) is 5.91 Å². The molecule has 0 saturated heterocycles. The van der Waals surface area contributed by atoms with E-state index in [9.17, 15) is 4.79 Å². The predicted octanol–water partition coefficient (Wildman–Crippen LogP) is 3.27. The first-order valence-corrected chi connectivity index (χ1v) is 8.35. The van der Waals surface area contributed by atoms with Gasteiger partial charge in [-0.1, -0.05) is 31.2 Å². The molecule has 0 bridgehead atoms. The summed E-state index contributed by atoms with van der Waals surface area (Å²) in [6.45, 7) is 3.24. The highest BCUT2D eigenvalue weighted by Crippen LogP contribution is 2.36. The molecule has 3 nitrogen and oxygen atoms in total. The van der Waals surface area contributed by atoms with E-state index in [2.05, 4.69) is 41.8 Å². The van der Waals surface area contributed by atoms with Gasteiger partial charge in [0.1, 0.15) is 0 Å². The molecule has 2 atom stereocenters. The lowest BCUT2D eigenvalue weighted by molar-refractivity contribution is -0.121. The van der Waals surface area contributed by atoms with Crippen molar-refractivity contribution in [2.45, 2.75) is 63.5 Å². The van der Waals surface area contributed by atoms with E-state index in [0.29, 0.717) is 24.4 Å². The van der Waals surface area contributed by atoms with E-state index >= 15 is 0 Å². The summed E-state index contributed by atoms with van der Waals surface area (Å²) in [7, 11) is 0. The maximum atomic E-state index is 11.6. The lowest BCUT2D eigenvalue weighted by atomic mass is 9.81. The summed E-state index contributed by atoms with van der Waals surface area (Å²) >= 11 is 0. The van der Waals surface area contributed by atoms with Crippen molar-refractivity contribution in [2.24, 2.45) is 0 Å². The van der Waals surface area contributed by atoms with Crippen LogP contribution in [0.1, 0.15) is 68.5 Å². The minimum absolute atomic E-state index is 0.219. The van der Waals surface area contributed by atoms with Crippen molar-refractivity contribution in [3.8, 4) is 0 Å². The Kier molecular flexibility index (Phi) is 4.59. The highest BCUT2D eigenvalue weighted by atomic mass is 16.1. The first-order valence-electron chi connectivity index (χ1n) is 8.35. The minimum atomic E-state index is 0.219. The van der Waals surface area contributed by atoms with Crippen LogP contribution in [-0.4, -0.2) is 18.5 Å². The summed E-state index contributed by atoms with van der Waals surface area (Å²) < 4.78 is 0. The van der Waals surface area contributed by atoms with Crippen LogP contribution in [0.4, 0.5) is 0 Å². The molecule has 1 aromatic carbocycles. The fraction of sp³-hybridized carbons (Fsp3) is 0.611. The number of carbonyl (C=O) groups excluding carboxylic acids is 1. The van der Waals surface area contributed by atoms with Gasteiger partial charge in [-0.25, -0.2) is 0 Å². The Hall–Kier alpha value is -1.35. The molecular weight excluding hydrogens is 260 g/mol. The van der Waals surface area contributed by atoms with Gasteiger partial charge in [-0.3, -0.25) is 4.79 Å². The average Bonchev–Trinajstić information content (AvgIpc) is 3.30. The third-order valence-electron chi connectivity index (χ3n) is 4.70. The molecule has 114 valence electrons. The van der Waals surface area contributed by atoms with Crippen molar-refractivity contribution in [3.05, 3.63) is 35.4 Å². The molecule has 1 saturated carbocycles. The summed E-state index contributed by atoms with van der Waals surface area (Å²) in [6.07, 6.45) is 6.35. The molecule has 0 aliphatic heterocycles. The molecule has 21 heavy (non-hydrogen) atoms. The van der Waals surface area contributed by atoms with Gasteiger partial charge in [0.05, 0.1) is 0 Å². The molecular formula is C18H26N2O. The summed E-state index contributed by atoms with van der Waals surface area (Å²) in [4.78, 5) is 11.6. The number of amides is 1. The van der Waals surface area contributed by atoms with Crippen LogP contribution < -0.4 is 10.6 Å². The second-order valence-electron chi connectivity index (χ2n) is 6.56. The summed E-state index contributed by atoms with van der Waals surface area (Å²) in [5.41, 5.74) is 2.95. The number of hydrogen-bond donors (Lipinski definition) is 2. The highest BCUT2D eigenvalue weighted by molar-refractivity contribution is 5.76. The van der Waals surface area contributed by atoms with E-state index in [1.807, 2.05) is 0 Å². The standard InChI is InChI=1S/C18H26N2O/c1-13-8-11-17(16-6-3-2-5-15(13)16)19-12-4-7-18(21)20-14-9-10-14/h2-3,5-6,13-14,17,19H,4,7-12H2,1H3,(H,20,21). The van der Waals surface area contributed by atoms with Gasteiger partial charge in [-0.15, -0.1) is 0 Å². The largest absolute Gasteiger partial charge is 0.353 e. The maximum Gasteiger partial charge on any atom is 0.220 e. The fourth-order valence-corrected chi connectivity index (χ4v) is 3.27. The fourth-order valence-electron chi connectivity index (χ4n) is 3.27. The molecule has 1 amide bonds. The Morgan fingerprint density at radius 1 is 1.14 bits per heavy atom. The zero-order valence-electron chi connectivity index (χ0n) is 12.9. The molecule has 1 fully saturated rings. The summed E-state index contributed by atoms with van der Waals surface area (Å²) in [5, 5.41) is 6.69. The second kappa shape index (κ2) is 6.61. The summed E-state index contributed by atoms with van der Waals surface area (Å²) in [6, 6.07) is 9.73. The quantitative estimate of drug-likeness (QED) is 0.788. The second-order valence-corrected chi connectivity index (χ2v) is 6.56. The predicted molar refractivity (Wildman–Crippen MR) is 85.2 cm³/mol. The first kappa shape index (κ1) is 14.6. The Balaban J connectivity index is 1.45. The van der Waals surface area contributed by atoms with E-state index in [0.717, 1.165) is 13.0 Å². The Bertz CT molecular complexity index is 496. The van der Waals surface area contributed by atoms with Gasteiger partial charge in [0, 0.05) is 18.5 Å². The van der Waals surface area contributed by atoms with Crippen molar-refractivity contribution < 1.29 is 4.79 Å². The monoisotopic (exact) mass is 286 g/mol. The molecule has 0 radical (unpaired) electrons. The van der Waals surface area contributed by atoms with Crippen LogP contribution in [0.15, 0.2) is 24.3 Å². The number of hydrogen-bond acceptors (Lipinski definition) is 2. The van der Waals surface area contributed by atoms with Gasteiger partial charge in [0.15, 0.2) is 0 Å². The van der Waals surface area contributed by atoms with Crippen LogP contribution in [0, 0.1) is 0 Å². The van der Waals surface area contributed by atoms with Gasteiger partial charge >= 0.3 is 0 Å². The third kappa shape index (κ3) is 3.85. The SMILES string of the molecule is CC1CCC(NCCCC(=O)NC2CC2)c2ccccc21. The van der Waals surface area contributed by atoms with E-state index < -0.39 is 0 Å². The van der Waals surface area contributed by atoms with Crippen molar-refractivity contribution >= 4 is 5.91 Å². The molecule has 3 rings (SSSR count). The van der Waals surface area contributed by atoms with Gasteiger partial charge < -0.3 is 10.6 Å². The molecule has 2 aliphatic rings. The highest BCUT2D eigenvalue weighted by Gasteiger charge is 2.24. The number of carbonyl (C=O) groups is 1. The zero-order valence-corrected chi connectivity index (χ0v) is 12.9. The number of nitrogens with one attached hydrogen (secondary N) is 2. The minimum Gasteiger partial charge on any atom is -0.353 e. The van der Waals surface area contributed by atoms with E-state index in [1.165, 1.54) is 36.8 Å². The molecule has 2 N–H and O–H groups in total. The van der Waals surface area contributed by atoms with Gasteiger partial charge in [0.2, 0.25) is 5.91 Å². The van der Waals surface area contributed by atoms with E-state index in [1.54, 1.807) is 0 Å². The number of fused-ring (bicyclic) bond motifs is 1. The van der Waals surface area contributed by atoms with Crippen molar-refractivity contribution in [2.75, 3.05) is 6.54 Å². The molecule has 0 heterocycles. The Morgan fingerprint density at radius 3 is 2.67 bits per heavy atom. The van der Waals surface area contributed by atoms with Crippen molar-refractivity contribution in [1.82, 2.24) is 10.6 Å². The maximum absolute atomic E-state index is 11.6.